The van der Waals surface area contributed by atoms with E-state index in [1.165, 1.54) is 0 Å². The highest BCUT2D eigenvalue weighted by atomic mass is 16.5. The molecule has 9 nitrogen and oxygen atoms in total. The number of aliphatic hydroxyl groups is 1. The number of anilines is 1. The van der Waals surface area contributed by atoms with Gasteiger partial charge < -0.3 is 29.5 Å². The summed E-state index contributed by atoms with van der Waals surface area (Å²) in [6.07, 6.45) is 5.13. The Morgan fingerprint density at radius 1 is 1.12 bits per heavy atom. The fourth-order valence-electron chi connectivity index (χ4n) is 4.48. The molecule has 2 N–H and O–H groups in total. The molecular formula is C25H37N5O4. The second-order valence-corrected chi connectivity index (χ2v) is 8.92. The van der Waals surface area contributed by atoms with Gasteiger partial charge in [-0.05, 0) is 43.5 Å². The van der Waals surface area contributed by atoms with Crippen molar-refractivity contribution in [1.82, 2.24) is 20.2 Å². The third-order valence-electron chi connectivity index (χ3n) is 6.25. The SMILES string of the molecule is CCOc1cc(CNC[C@]2(O)CCCN(c3ncccn3)C2)ccc1OCCN1CCOCC1. The largest absolute Gasteiger partial charge is 0.490 e. The first kappa shape index (κ1) is 24.7. The quantitative estimate of drug-likeness (QED) is 0.508. The van der Waals surface area contributed by atoms with E-state index in [9.17, 15) is 5.11 Å². The normalized spacial score (nSPS) is 21.4. The summed E-state index contributed by atoms with van der Waals surface area (Å²) < 4.78 is 17.3. The van der Waals surface area contributed by atoms with Crippen molar-refractivity contribution in [1.29, 1.82) is 0 Å². The molecule has 1 aromatic heterocycles. The Balaban J connectivity index is 1.27. The summed E-state index contributed by atoms with van der Waals surface area (Å²) in [5.74, 6) is 2.20. The van der Waals surface area contributed by atoms with Crippen LogP contribution in [-0.2, 0) is 11.3 Å². The number of nitrogens with zero attached hydrogens (tertiary/aromatic N) is 4. The van der Waals surface area contributed by atoms with Crippen LogP contribution in [0.25, 0.3) is 0 Å². The third kappa shape index (κ3) is 7.02. The van der Waals surface area contributed by atoms with Crippen LogP contribution in [0.15, 0.2) is 36.7 Å². The lowest BCUT2D eigenvalue weighted by molar-refractivity contribution is 0.0256. The van der Waals surface area contributed by atoms with Gasteiger partial charge in [0.2, 0.25) is 5.95 Å². The highest BCUT2D eigenvalue weighted by Crippen LogP contribution is 2.29. The maximum Gasteiger partial charge on any atom is 0.225 e. The first-order valence-corrected chi connectivity index (χ1v) is 12.3. The lowest BCUT2D eigenvalue weighted by atomic mass is 9.93. The smallest absolute Gasteiger partial charge is 0.225 e. The van der Waals surface area contributed by atoms with Gasteiger partial charge in [-0.3, -0.25) is 4.90 Å². The highest BCUT2D eigenvalue weighted by molar-refractivity contribution is 5.43. The van der Waals surface area contributed by atoms with Crippen LogP contribution in [0.4, 0.5) is 5.95 Å². The molecule has 0 spiro atoms. The molecule has 2 saturated heterocycles. The van der Waals surface area contributed by atoms with E-state index in [4.69, 9.17) is 14.2 Å². The van der Waals surface area contributed by atoms with E-state index in [2.05, 4.69) is 31.2 Å². The predicted molar refractivity (Wildman–Crippen MR) is 131 cm³/mol. The van der Waals surface area contributed by atoms with Crippen LogP contribution in [0.2, 0.25) is 0 Å². The minimum atomic E-state index is -0.817. The molecular weight excluding hydrogens is 434 g/mol. The van der Waals surface area contributed by atoms with Crippen molar-refractivity contribution in [2.45, 2.75) is 31.9 Å². The van der Waals surface area contributed by atoms with Crippen molar-refractivity contribution in [3.05, 3.63) is 42.2 Å². The molecule has 0 radical (unpaired) electrons. The van der Waals surface area contributed by atoms with Gasteiger partial charge >= 0.3 is 0 Å². The summed E-state index contributed by atoms with van der Waals surface area (Å²) in [5, 5.41) is 14.6. The number of ether oxygens (including phenoxy) is 3. The molecule has 0 bridgehead atoms. The molecule has 2 aliphatic rings. The molecule has 0 unspecified atom stereocenters. The topological polar surface area (TPSA) is 92.2 Å². The maximum atomic E-state index is 11.2. The average molecular weight is 472 g/mol. The molecule has 2 fully saturated rings. The zero-order valence-corrected chi connectivity index (χ0v) is 20.1. The number of piperidine rings is 1. The standard InChI is InChI=1S/C25H37N5O4/c1-2-33-23-17-21(5-6-22(23)34-16-13-29-11-14-32-15-12-29)18-26-19-25(31)7-3-10-30(20-25)24-27-8-4-9-28-24/h4-6,8-9,17,26,31H,2-3,7,10-16,18-20H2,1H3/t25-/m1/s1. The number of aromatic nitrogens is 2. The Hall–Kier alpha value is -2.46. The number of β-amino-alcohol motifs (C(OH)–C–C–N with tert-alkyl or cyclic N) is 1. The lowest BCUT2D eigenvalue weighted by Gasteiger charge is -2.39. The first-order chi connectivity index (χ1) is 16.6. The van der Waals surface area contributed by atoms with Crippen molar-refractivity contribution >= 4 is 5.95 Å². The predicted octanol–water partition coefficient (Wildman–Crippen LogP) is 1.71. The fourth-order valence-corrected chi connectivity index (χ4v) is 4.48. The molecule has 0 amide bonds. The van der Waals surface area contributed by atoms with E-state index in [0.717, 1.165) is 69.3 Å². The third-order valence-corrected chi connectivity index (χ3v) is 6.25. The molecule has 2 aliphatic heterocycles. The van der Waals surface area contributed by atoms with Gasteiger partial charge in [0.15, 0.2) is 11.5 Å². The van der Waals surface area contributed by atoms with E-state index in [-0.39, 0.29) is 0 Å². The molecule has 9 heteroatoms. The second-order valence-electron chi connectivity index (χ2n) is 8.92. The average Bonchev–Trinajstić information content (AvgIpc) is 2.86. The van der Waals surface area contributed by atoms with Gasteiger partial charge in [0.25, 0.3) is 0 Å². The first-order valence-electron chi connectivity index (χ1n) is 12.3. The van der Waals surface area contributed by atoms with Crippen LogP contribution in [0, 0.1) is 0 Å². The molecule has 4 rings (SSSR count). The summed E-state index contributed by atoms with van der Waals surface area (Å²) in [7, 11) is 0. The van der Waals surface area contributed by atoms with Crippen LogP contribution >= 0.6 is 0 Å². The van der Waals surface area contributed by atoms with Crippen LogP contribution in [0.5, 0.6) is 11.5 Å². The van der Waals surface area contributed by atoms with Crippen molar-refractivity contribution in [3.8, 4) is 11.5 Å². The van der Waals surface area contributed by atoms with Crippen molar-refractivity contribution in [2.24, 2.45) is 0 Å². The Morgan fingerprint density at radius 2 is 1.94 bits per heavy atom. The molecule has 34 heavy (non-hydrogen) atoms. The summed E-state index contributed by atoms with van der Waals surface area (Å²) in [6, 6.07) is 7.85. The maximum absolute atomic E-state index is 11.2. The Kier molecular flexibility index (Phi) is 8.92. The summed E-state index contributed by atoms with van der Waals surface area (Å²) >= 11 is 0. The number of morpholine rings is 1. The van der Waals surface area contributed by atoms with Gasteiger partial charge in [0.05, 0.1) is 32.0 Å². The Labute approximate surface area is 202 Å². The lowest BCUT2D eigenvalue weighted by Crippen LogP contribution is -2.53. The number of rotatable bonds is 11. The van der Waals surface area contributed by atoms with E-state index in [0.29, 0.717) is 38.8 Å². The molecule has 0 saturated carbocycles. The number of hydrogen-bond donors (Lipinski definition) is 2. The Bertz CT molecular complexity index is 881. The van der Waals surface area contributed by atoms with E-state index in [1.807, 2.05) is 19.1 Å². The molecule has 1 aromatic carbocycles. The highest BCUT2D eigenvalue weighted by Gasteiger charge is 2.33. The monoisotopic (exact) mass is 471 g/mol. The van der Waals surface area contributed by atoms with Gasteiger partial charge in [-0.25, -0.2) is 9.97 Å². The van der Waals surface area contributed by atoms with E-state index in [1.54, 1.807) is 18.5 Å². The van der Waals surface area contributed by atoms with Crippen LogP contribution < -0.4 is 19.7 Å². The fraction of sp³-hybridized carbons (Fsp3) is 0.600. The molecule has 3 heterocycles. The second kappa shape index (κ2) is 12.3. The van der Waals surface area contributed by atoms with Gasteiger partial charge in [0.1, 0.15) is 6.61 Å². The van der Waals surface area contributed by atoms with Gasteiger partial charge in [-0.15, -0.1) is 0 Å². The summed E-state index contributed by atoms with van der Waals surface area (Å²) in [6.45, 7) is 10.0. The minimum absolute atomic E-state index is 0.498. The summed E-state index contributed by atoms with van der Waals surface area (Å²) in [4.78, 5) is 13.1. The van der Waals surface area contributed by atoms with Crippen LogP contribution in [0.1, 0.15) is 25.3 Å². The number of nitrogens with one attached hydrogen (secondary N) is 1. The van der Waals surface area contributed by atoms with Crippen molar-refractivity contribution in [3.63, 3.8) is 0 Å². The van der Waals surface area contributed by atoms with E-state index >= 15 is 0 Å². The van der Waals surface area contributed by atoms with E-state index < -0.39 is 5.60 Å². The minimum Gasteiger partial charge on any atom is -0.490 e. The molecule has 186 valence electrons. The number of hydrogen-bond acceptors (Lipinski definition) is 9. The zero-order valence-electron chi connectivity index (χ0n) is 20.1. The van der Waals surface area contributed by atoms with Gasteiger partial charge in [-0.1, -0.05) is 6.07 Å². The van der Waals surface area contributed by atoms with Crippen molar-refractivity contribution in [2.75, 3.05) is 70.6 Å². The molecule has 0 aliphatic carbocycles. The van der Waals surface area contributed by atoms with Gasteiger partial charge in [-0.2, -0.15) is 0 Å². The van der Waals surface area contributed by atoms with Crippen LogP contribution in [0.3, 0.4) is 0 Å². The molecule has 1 atom stereocenters. The summed E-state index contributed by atoms with van der Waals surface area (Å²) in [5.41, 5.74) is 0.273. The van der Waals surface area contributed by atoms with Crippen LogP contribution in [-0.4, -0.2) is 91.3 Å². The number of benzene rings is 1. The van der Waals surface area contributed by atoms with Gasteiger partial charge in [0, 0.05) is 51.7 Å². The van der Waals surface area contributed by atoms with Crippen molar-refractivity contribution < 1.29 is 19.3 Å². The zero-order chi connectivity index (χ0) is 23.6. The molecule has 2 aromatic rings. The Morgan fingerprint density at radius 3 is 2.74 bits per heavy atom.